The van der Waals surface area contributed by atoms with Crippen LogP contribution >= 0.6 is 0 Å². The van der Waals surface area contributed by atoms with E-state index in [1.807, 2.05) is 56.4 Å². The number of aromatic nitrogens is 3. The molecule has 3 aromatic rings. The number of aryl methyl sites for hydroxylation is 2. The van der Waals surface area contributed by atoms with E-state index in [0.717, 1.165) is 22.4 Å². The van der Waals surface area contributed by atoms with Gasteiger partial charge in [-0.05, 0) is 24.1 Å². The van der Waals surface area contributed by atoms with E-state index in [1.54, 1.807) is 22.0 Å². The minimum Gasteiger partial charge on any atom is -0.337 e. The molecule has 0 saturated carbocycles. The molecule has 1 aliphatic heterocycles. The summed E-state index contributed by atoms with van der Waals surface area (Å²) < 4.78 is 1.68. The number of carbonyl (C=O) groups is 2. The van der Waals surface area contributed by atoms with Gasteiger partial charge in [-0.2, -0.15) is 5.10 Å². The predicted molar refractivity (Wildman–Crippen MR) is 110 cm³/mol. The summed E-state index contributed by atoms with van der Waals surface area (Å²) >= 11 is 0. The number of amides is 2. The summed E-state index contributed by atoms with van der Waals surface area (Å²) in [7, 11) is 1.81. The molecular weight excluding hydrogens is 366 g/mol. The molecule has 1 fully saturated rings. The van der Waals surface area contributed by atoms with E-state index in [4.69, 9.17) is 0 Å². The van der Waals surface area contributed by atoms with Gasteiger partial charge in [-0.15, -0.1) is 0 Å². The van der Waals surface area contributed by atoms with Crippen molar-refractivity contribution in [1.29, 1.82) is 0 Å². The number of carbonyl (C=O) groups excluding carboxylic acids is 2. The van der Waals surface area contributed by atoms with Gasteiger partial charge in [0.05, 0.1) is 11.6 Å². The number of nitrogens with one attached hydrogen (secondary N) is 1. The number of hydrogen-bond donors (Lipinski definition) is 1. The van der Waals surface area contributed by atoms with Crippen LogP contribution in [-0.2, 0) is 23.2 Å². The van der Waals surface area contributed by atoms with Crippen LogP contribution < -0.4 is 5.32 Å². The first kappa shape index (κ1) is 18.9. The number of benzene rings is 1. The predicted octanol–water partition coefficient (Wildman–Crippen LogP) is 2.78. The second kappa shape index (κ2) is 7.87. The average Bonchev–Trinajstić information content (AvgIpc) is 3.22. The summed E-state index contributed by atoms with van der Waals surface area (Å²) in [6, 6.07) is 13.6. The quantitative estimate of drug-likeness (QED) is 0.728. The fourth-order valence-electron chi connectivity index (χ4n) is 3.78. The van der Waals surface area contributed by atoms with Crippen LogP contribution in [-0.4, -0.2) is 38.0 Å². The van der Waals surface area contributed by atoms with Crippen LogP contribution in [0.1, 0.15) is 17.7 Å². The smallest absolute Gasteiger partial charge is 0.230 e. The maximum absolute atomic E-state index is 13.0. The monoisotopic (exact) mass is 389 g/mol. The van der Waals surface area contributed by atoms with Crippen LogP contribution in [0.15, 0.2) is 54.9 Å². The molecule has 7 nitrogen and oxygen atoms in total. The Kier molecular flexibility index (Phi) is 5.12. The summed E-state index contributed by atoms with van der Waals surface area (Å²) in [5.41, 5.74) is 3.69. The first-order chi connectivity index (χ1) is 14.0. The Bertz CT molecular complexity index is 1030. The lowest BCUT2D eigenvalue weighted by Crippen LogP contribution is -2.28. The van der Waals surface area contributed by atoms with E-state index >= 15 is 0 Å². The lowest BCUT2D eigenvalue weighted by molar-refractivity contribution is -0.128. The van der Waals surface area contributed by atoms with Crippen molar-refractivity contribution < 1.29 is 9.59 Å². The fraction of sp³-hybridized carbons (Fsp3) is 0.273. The van der Waals surface area contributed by atoms with E-state index in [0.29, 0.717) is 18.9 Å². The SMILES string of the molecule is Cc1nn(C)c(NC(=O)C2CC(=O)N(Cc3cccnc3)C2)c1-c1ccccc1. The maximum Gasteiger partial charge on any atom is 0.230 e. The lowest BCUT2D eigenvalue weighted by Gasteiger charge is -2.17. The Labute approximate surface area is 169 Å². The van der Waals surface area contributed by atoms with Crippen molar-refractivity contribution in [2.75, 3.05) is 11.9 Å². The van der Waals surface area contributed by atoms with E-state index in [9.17, 15) is 9.59 Å². The maximum atomic E-state index is 13.0. The molecule has 7 heteroatoms. The van der Waals surface area contributed by atoms with Crippen LogP contribution in [0.3, 0.4) is 0 Å². The fourth-order valence-corrected chi connectivity index (χ4v) is 3.78. The van der Waals surface area contributed by atoms with Crippen molar-refractivity contribution in [2.24, 2.45) is 13.0 Å². The highest BCUT2D eigenvalue weighted by Crippen LogP contribution is 2.32. The second-order valence-electron chi connectivity index (χ2n) is 7.32. The summed E-state index contributed by atoms with van der Waals surface area (Å²) in [5.74, 6) is 0.0838. The van der Waals surface area contributed by atoms with Crippen molar-refractivity contribution in [1.82, 2.24) is 19.7 Å². The van der Waals surface area contributed by atoms with Crippen LogP contribution in [0.2, 0.25) is 0 Å². The standard InChI is InChI=1S/C22H23N5O2/c1-15-20(17-8-4-3-5-9-17)21(26(2)25-15)24-22(29)18-11-19(28)27(14-18)13-16-7-6-10-23-12-16/h3-10,12,18H,11,13-14H2,1-2H3,(H,24,29). The number of pyridine rings is 1. The molecule has 29 heavy (non-hydrogen) atoms. The van der Waals surface area contributed by atoms with Crippen molar-refractivity contribution in [3.63, 3.8) is 0 Å². The van der Waals surface area contributed by atoms with Gasteiger partial charge in [0.25, 0.3) is 0 Å². The van der Waals surface area contributed by atoms with Gasteiger partial charge < -0.3 is 10.2 Å². The molecule has 2 amide bonds. The van der Waals surface area contributed by atoms with Crippen molar-refractivity contribution in [3.05, 3.63) is 66.1 Å². The number of anilines is 1. The number of hydrogen-bond acceptors (Lipinski definition) is 4. The number of likely N-dealkylation sites (tertiary alicyclic amines) is 1. The number of nitrogens with zero attached hydrogens (tertiary/aromatic N) is 4. The summed E-state index contributed by atoms with van der Waals surface area (Å²) in [4.78, 5) is 31.2. The first-order valence-corrected chi connectivity index (χ1v) is 9.59. The molecule has 1 N–H and O–H groups in total. The number of rotatable bonds is 5. The average molecular weight is 389 g/mol. The van der Waals surface area contributed by atoms with Crippen molar-refractivity contribution >= 4 is 17.6 Å². The molecule has 1 aliphatic rings. The topological polar surface area (TPSA) is 80.1 Å². The third kappa shape index (κ3) is 3.89. The Balaban J connectivity index is 1.50. The van der Waals surface area contributed by atoms with Crippen LogP contribution in [0.4, 0.5) is 5.82 Å². The van der Waals surface area contributed by atoms with E-state index < -0.39 is 5.92 Å². The van der Waals surface area contributed by atoms with Gasteiger partial charge in [0.1, 0.15) is 5.82 Å². The molecule has 3 heterocycles. The van der Waals surface area contributed by atoms with Gasteiger partial charge in [0.2, 0.25) is 11.8 Å². The molecule has 1 unspecified atom stereocenters. The normalized spacial score (nSPS) is 16.3. The van der Waals surface area contributed by atoms with Gasteiger partial charge in [0, 0.05) is 44.5 Å². The molecular formula is C22H23N5O2. The minimum atomic E-state index is -0.391. The largest absolute Gasteiger partial charge is 0.337 e. The van der Waals surface area contributed by atoms with Crippen molar-refractivity contribution in [3.8, 4) is 11.1 Å². The third-order valence-electron chi connectivity index (χ3n) is 5.21. The van der Waals surface area contributed by atoms with Gasteiger partial charge in [-0.25, -0.2) is 0 Å². The Morgan fingerprint density at radius 2 is 2.00 bits per heavy atom. The zero-order valence-electron chi connectivity index (χ0n) is 16.5. The third-order valence-corrected chi connectivity index (χ3v) is 5.21. The van der Waals surface area contributed by atoms with Gasteiger partial charge >= 0.3 is 0 Å². The molecule has 0 radical (unpaired) electrons. The summed E-state index contributed by atoms with van der Waals surface area (Å²) in [5, 5.41) is 7.49. The van der Waals surface area contributed by atoms with E-state index in [-0.39, 0.29) is 18.2 Å². The van der Waals surface area contributed by atoms with Crippen LogP contribution in [0.25, 0.3) is 11.1 Å². The van der Waals surface area contributed by atoms with Crippen molar-refractivity contribution in [2.45, 2.75) is 19.9 Å². The molecule has 0 bridgehead atoms. The highest BCUT2D eigenvalue weighted by atomic mass is 16.2. The zero-order valence-corrected chi connectivity index (χ0v) is 16.5. The molecule has 0 spiro atoms. The van der Waals surface area contributed by atoms with Gasteiger partial charge in [0.15, 0.2) is 0 Å². The molecule has 1 saturated heterocycles. The second-order valence-corrected chi connectivity index (χ2v) is 7.32. The molecule has 1 aromatic carbocycles. The first-order valence-electron chi connectivity index (χ1n) is 9.59. The minimum absolute atomic E-state index is 0.0153. The molecule has 2 aromatic heterocycles. The molecule has 148 valence electrons. The summed E-state index contributed by atoms with van der Waals surface area (Å²) in [6.45, 7) is 2.79. The van der Waals surface area contributed by atoms with E-state index in [1.165, 1.54) is 0 Å². The Morgan fingerprint density at radius 3 is 2.72 bits per heavy atom. The van der Waals surface area contributed by atoms with Crippen LogP contribution in [0, 0.1) is 12.8 Å². The lowest BCUT2D eigenvalue weighted by atomic mass is 10.0. The molecule has 0 aliphatic carbocycles. The van der Waals surface area contributed by atoms with Crippen LogP contribution in [0.5, 0.6) is 0 Å². The van der Waals surface area contributed by atoms with Gasteiger partial charge in [-0.1, -0.05) is 36.4 Å². The summed E-state index contributed by atoms with van der Waals surface area (Å²) in [6.07, 6.45) is 3.65. The Morgan fingerprint density at radius 1 is 1.21 bits per heavy atom. The Hall–Kier alpha value is -3.48. The highest BCUT2D eigenvalue weighted by Gasteiger charge is 2.35. The molecule has 1 atom stereocenters. The highest BCUT2D eigenvalue weighted by molar-refractivity contribution is 5.99. The van der Waals surface area contributed by atoms with E-state index in [2.05, 4.69) is 15.4 Å². The van der Waals surface area contributed by atoms with Gasteiger partial charge in [-0.3, -0.25) is 19.3 Å². The molecule has 4 rings (SSSR count). The zero-order chi connectivity index (χ0) is 20.4.